The van der Waals surface area contributed by atoms with Crippen LogP contribution in [-0.4, -0.2) is 7.11 Å². The van der Waals surface area contributed by atoms with Gasteiger partial charge in [0, 0.05) is 13.7 Å². The molecule has 4 heteroatoms. The molecule has 0 atom stereocenters. The topological polar surface area (TPSA) is 9.23 Å². The molecule has 0 aliphatic rings. The summed E-state index contributed by atoms with van der Waals surface area (Å²) in [5, 5.41) is 3.26. The third-order valence-corrected chi connectivity index (χ3v) is 5.05. The average molecular weight is 369 g/mol. The quantitative estimate of drug-likeness (QED) is 0.683. The van der Waals surface area contributed by atoms with E-state index in [-0.39, 0.29) is 0 Å². The van der Waals surface area contributed by atoms with Crippen LogP contribution in [0.25, 0.3) is 10.1 Å². The van der Waals surface area contributed by atoms with Crippen LogP contribution in [0.3, 0.4) is 0 Å². The van der Waals surface area contributed by atoms with E-state index in [0.29, 0.717) is 0 Å². The molecule has 1 heterocycles. The standard InChI is InChI=1S/C9H6BrIOS/c1-12-9-5-2-3-13-7(5)4-6(11)8(9)10/h2-4H,1H3. The lowest BCUT2D eigenvalue weighted by molar-refractivity contribution is 0.417. The number of hydrogen-bond donors (Lipinski definition) is 0. The fourth-order valence-electron chi connectivity index (χ4n) is 1.23. The molecule has 0 saturated carbocycles. The van der Waals surface area contributed by atoms with E-state index in [4.69, 9.17) is 4.74 Å². The Hall–Kier alpha value is 0.190. The molecule has 0 fully saturated rings. The van der Waals surface area contributed by atoms with Crippen LogP contribution in [0.1, 0.15) is 0 Å². The van der Waals surface area contributed by atoms with Crippen molar-refractivity contribution in [2.45, 2.75) is 0 Å². The Morgan fingerprint density at radius 1 is 1.54 bits per heavy atom. The Kier molecular flexibility index (Phi) is 2.80. The molecule has 0 aliphatic heterocycles. The first-order valence-corrected chi connectivity index (χ1v) is 6.38. The highest BCUT2D eigenvalue weighted by molar-refractivity contribution is 14.1. The van der Waals surface area contributed by atoms with Gasteiger partial charge in [0.05, 0.1) is 11.6 Å². The van der Waals surface area contributed by atoms with E-state index in [2.05, 4.69) is 56.0 Å². The SMILES string of the molecule is COc1c(Br)c(I)cc2sccc12. The van der Waals surface area contributed by atoms with Gasteiger partial charge in [0.1, 0.15) is 5.75 Å². The lowest BCUT2D eigenvalue weighted by Gasteiger charge is -2.06. The van der Waals surface area contributed by atoms with Gasteiger partial charge in [-0.15, -0.1) is 11.3 Å². The maximum absolute atomic E-state index is 5.35. The van der Waals surface area contributed by atoms with E-state index in [1.807, 2.05) is 0 Å². The number of rotatable bonds is 1. The van der Waals surface area contributed by atoms with Crippen molar-refractivity contribution in [2.75, 3.05) is 7.11 Å². The lowest BCUT2D eigenvalue weighted by atomic mass is 10.2. The second kappa shape index (κ2) is 3.74. The molecule has 0 radical (unpaired) electrons. The van der Waals surface area contributed by atoms with E-state index in [1.54, 1.807) is 18.4 Å². The highest BCUT2D eigenvalue weighted by Gasteiger charge is 2.10. The van der Waals surface area contributed by atoms with Crippen LogP contribution in [0, 0.1) is 3.57 Å². The maximum atomic E-state index is 5.35. The van der Waals surface area contributed by atoms with E-state index >= 15 is 0 Å². The van der Waals surface area contributed by atoms with Gasteiger partial charge in [-0.25, -0.2) is 0 Å². The van der Waals surface area contributed by atoms with Crippen molar-refractivity contribution in [3.8, 4) is 5.75 Å². The van der Waals surface area contributed by atoms with Gasteiger partial charge >= 0.3 is 0 Å². The Balaban J connectivity index is 2.87. The number of fused-ring (bicyclic) bond motifs is 1. The van der Waals surface area contributed by atoms with Crippen LogP contribution in [0.2, 0.25) is 0 Å². The Morgan fingerprint density at radius 2 is 2.31 bits per heavy atom. The van der Waals surface area contributed by atoms with E-state index in [0.717, 1.165) is 10.2 Å². The molecule has 2 aromatic rings. The van der Waals surface area contributed by atoms with Crippen LogP contribution in [0.5, 0.6) is 5.75 Å². The maximum Gasteiger partial charge on any atom is 0.142 e. The van der Waals surface area contributed by atoms with E-state index < -0.39 is 0 Å². The molecule has 0 aliphatic carbocycles. The molecule has 1 aromatic heterocycles. The number of benzene rings is 1. The molecule has 0 unspecified atom stereocenters. The highest BCUT2D eigenvalue weighted by Crippen LogP contribution is 2.39. The minimum absolute atomic E-state index is 0.933. The number of ether oxygens (including phenoxy) is 1. The van der Waals surface area contributed by atoms with Crippen LogP contribution in [0.4, 0.5) is 0 Å². The summed E-state index contributed by atoms with van der Waals surface area (Å²) >= 11 is 7.55. The van der Waals surface area contributed by atoms with Crippen molar-refractivity contribution in [3.05, 3.63) is 25.6 Å². The predicted molar refractivity (Wildman–Crippen MR) is 68.8 cm³/mol. The molecule has 68 valence electrons. The number of thiophene rings is 1. The van der Waals surface area contributed by atoms with Gasteiger partial charge in [-0.3, -0.25) is 0 Å². The summed E-state index contributed by atoms with van der Waals surface area (Å²) in [5.74, 6) is 0.933. The van der Waals surface area contributed by atoms with E-state index in [9.17, 15) is 0 Å². The zero-order valence-electron chi connectivity index (χ0n) is 6.80. The Labute approximate surface area is 102 Å². The number of methoxy groups -OCH3 is 1. The Morgan fingerprint density at radius 3 is 3.00 bits per heavy atom. The fourth-order valence-corrected chi connectivity index (χ4v) is 3.31. The summed E-state index contributed by atoms with van der Waals surface area (Å²) in [6, 6.07) is 4.24. The molecule has 0 amide bonds. The molecule has 0 N–H and O–H groups in total. The van der Waals surface area contributed by atoms with Gasteiger partial charge in [-0.2, -0.15) is 0 Å². The first kappa shape index (κ1) is 9.73. The van der Waals surface area contributed by atoms with Crippen molar-refractivity contribution in [2.24, 2.45) is 0 Å². The third-order valence-electron chi connectivity index (χ3n) is 1.81. The molecular formula is C9H6BrIOS. The summed E-state index contributed by atoms with van der Waals surface area (Å²) < 4.78 is 8.85. The van der Waals surface area contributed by atoms with Gasteiger partial charge in [0.25, 0.3) is 0 Å². The zero-order chi connectivity index (χ0) is 9.42. The van der Waals surface area contributed by atoms with Crippen LogP contribution in [-0.2, 0) is 0 Å². The van der Waals surface area contributed by atoms with Gasteiger partial charge in [0.15, 0.2) is 0 Å². The van der Waals surface area contributed by atoms with Crippen molar-refractivity contribution in [1.29, 1.82) is 0 Å². The molecule has 1 aromatic carbocycles. The lowest BCUT2D eigenvalue weighted by Crippen LogP contribution is -1.86. The smallest absolute Gasteiger partial charge is 0.142 e. The van der Waals surface area contributed by atoms with Crippen molar-refractivity contribution in [3.63, 3.8) is 0 Å². The number of hydrogen-bond acceptors (Lipinski definition) is 2. The van der Waals surface area contributed by atoms with Gasteiger partial charge < -0.3 is 4.74 Å². The molecule has 2 rings (SSSR count). The normalized spacial score (nSPS) is 10.7. The minimum atomic E-state index is 0.933. The summed E-state index contributed by atoms with van der Waals surface area (Å²) in [7, 11) is 1.70. The first-order valence-electron chi connectivity index (χ1n) is 3.63. The predicted octanol–water partition coefficient (Wildman–Crippen LogP) is 4.28. The summed E-state index contributed by atoms with van der Waals surface area (Å²) in [6.07, 6.45) is 0. The summed E-state index contributed by atoms with van der Waals surface area (Å²) in [4.78, 5) is 0. The Bertz CT molecular complexity index is 452. The van der Waals surface area contributed by atoms with E-state index in [1.165, 1.54) is 13.7 Å². The highest BCUT2D eigenvalue weighted by atomic mass is 127. The average Bonchev–Trinajstić information content (AvgIpc) is 2.54. The largest absolute Gasteiger partial charge is 0.495 e. The molecule has 0 saturated heterocycles. The second-order valence-electron chi connectivity index (χ2n) is 2.54. The van der Waals surface area contributed by atoms with Crippen molar-refractivity contribution in [1.82, 2.24) is 0 Å². The molecule has 0 bridgehead atoms. The van der Waals surface area contributed by atoms with Crippen LogP contribution in [0.15, 0.2) is 22.0 Å². The molecule has 1 nitrogen and oxygen atoms in total. The monoisotopic (exact) mass is 368 g/mol. The molecule has 0 spiro atoms. The fraction of sp³-hybridized carbons (Fsp3) is 0.111. The van der Waals surface area contributed by atoms with Crippen molar-refractivity contribution < 1.29 is 4.74 Å². The van der Waals surface area contributed by atoms with Gasteiger partial charge in [-0.1, -0.05) is 0 Å². The summed E-state index contributed by atoms with van der Waals surface area (Å²) in [6.45, 7) is 0. The van der Waals surface area contributed by atoms with Gasteiger partial charge in [-0.05, 0) is 56.0 Å². The van der Waals surface area contributed by atoms with Gasteiger partial charge in [0.2, 0.25) is 0 Å². The third kappa shape index (κ3) is 1.59. The number of halogens is 2. The summed E-state index contributed by atoms with van der Waals surface area (Å²) in [5.41, 5.74) is 0. The molecule has 13 heavy (non-hydrogen) atoms. The minimum Gasteiger partial charge on any atom is -0.495 e. The van der Waals surface area contributed by atoms with Crippen LogP contribution >= 0.6 is 49.9 Å². The second-order valence-corrected chi connectivity index (χ2v) is 5.44. The molecular weight excluding hydrogens is 363 g/mol. The van der Waals surface area contributed by atoms with Crippen LogP contribution < -0.4 is 4.74 Å². The zero-order valence-corrected chi connectivity index (χ0v) is 11.4. The first-order chi connectivity index (χ1) is 6.24. The van der Waals surface area contributed by atoms with Crippen molar-refractivity contribution >= 4 is 59.9 Å².